The number of benzene rings is 5. The molecule has 0 heterocycles. The Morgan fingerprint density at radius 3 is 1.35 bits per heavy atom. The second-order valence-corrected chi connectivity index (χ2v) is 26.3. The van der Waals surface area contributed by atoms with Gasteiger partial charge < -0.3 is 0 Å². The molecule has 0 nitrogen and oxygen atoms in total. The molecule has 1 aliphatic carbocycles. The van der Waals surface area contributed by atoms with Gasteiger partial charge in [-0.25, -0.2) is 0 Å². The van der Waals surface area contributed by atoms with Crippen LogP contribution in [0.25, 0.3) is 32.3 Å². The summed E-state index contributed by atoms with van der Waals surface area (Å²) in [7, 11) is 0. The van der Waals surface area contributed by atoms with Crippen LogP contribution in [0.15, 0.2) is 84.9 Å². The third-order valence-electron chi connectivity index (χ3n) is 6.80. The van der Waals surface area contributed by atoms with Crippen molar-refractivity contribution in [2.24, 2.45) is 0 Å². The largest absolute Gasteiger partial charge is 0.352 e. The minimum atomic E-state index is -3.29. The predicted octanol–water partition coefficient (Wildman–Crippen LogP) is 10.1. The summed E-state index contributed by atoms with van der Waals surface area (Å²) in [6.45, 7) is 0. The molecule has 0 radical (unpaired) electrons. The summed E-state index contributed by atoms with van der Waals surface area (Å²) in [5.41, 5.74) is 3.11. The monoisotopic (exact) mass is 594 g/mol. The fraction of sp³-hybridized carbons (Fsp3) is 0.0769. The lowest BCUT2D eigenvalue weighted by Gasteiger charge is -2.39. The summed E-state index contributed by atoms with van der Waals surface area (Å²) in [4.78, 5) is 0. The molecule has 0 aromatic heterocycles. The van der Waals surface area contributed by atoms with Gasteiger partial charge in [0.05, 0.1) is 0 Å². The summed E-state index contributed by atoms with van der Waals surface area (Å²) in [5.74, 6) is 0. The van der Waals surface area contributed by atoms with E-state index in [1.54, 1.807) is 0 Å². The molecule has 0 saturated heterocycles. The molecular weight excluding hydrogens is 581 g/mol. The summed E-state index contributed by atoms with van der Waals surface area (Å²) >= 11 is 40.9. The van der Waals surface area contributed by atoms with E-state index in [0.717, 1.165) is 54.6 Å². The Morgan fingerprint density at radius 2 is 0.824 bits per heavy atom. The van der Waals surface area contributed by atoms with E-state index in [4.69, 9.17) is 66.5 Å². The summed E-state index contributed by atoms with van der Waals surface area (Å²) in [6, 6.07) is 22.7. The number of hydrogen-bond donors (Lipinski definition) is 0. The van der Waals surface area contributed by atoms with Crippen molar-refractivity contribution in [3.63, 3.8) is 0 Å². The lowest BCUT2D eigenvalue weighted by Crippen LogP contribution is -2.36. The molecular formula is C26H16Cl6Si2. The van der Waals surface area contributed by atoms with Crippen molar-refractivity contribution < 1.29 is 0 Å². The van der Waals surface area contributed by atoms with Gasteiger partial charge in [-0.2, -0.15) is 0 Å². The van der Waals surface area contributed by atoms with Gasteiger partial charge in [0.1, 0.15) is 0 Å². The van der Waals surface area contributed by atoms with Crippen molar-refractivity contribution in [2.75, 3.05) is 0 Å². The molecule has 0 saturated carbocycles. The summed E-state index contributed by atoms with van der Waals surface area (Å²) in [6.07, 6.45) is 0. The number of halogens is 6. The first kappa shape index (κ1) is 23.5. The Morgan fingerprint density at radius 1 is 0.412 bits per heavy atom. The summed E-state index contributed by atoms with van der Waals surface area (Å²) in [5, 5.41) is 6.66. The van der Waals surface area contributed by atoms with Crippen LogP contribution in [-0.4, -0.2) is 12.0 Å². The molecule has 0 bridgehead atoms. The number of rotatable bonds is 2. The van der Waals surface area contributed by atoms with Crippen LogP contribution in [0.5, 0.6) is 0 Å². The van der Waals surface area contributed by atoms with E-state index < -0.39 is 12.0 Å². The molecule has 1 aliphatic rings. The van der Waals surface area contributed by atoms with Crippen LogP contribution in [-0.2, 0) is 0 Å². The maximum absolute atomic E-state index is 6.83. The zero-order valence-electron chi connectivity index (χ0n) is 17.5. The highest BCUT2D eigenvalue weighted by molar-refractivity contribution is 7.66. The van der Waals surface area contributed by atoms with E-state index in [1.165, 1.54) is 0 Å². The number of fused-ring (bicyclic) bond motifs is 6. The van der Waals surface area contributed by atoms with Gasteiger partial charge in [0.25, 0.3) is 0 Å². The Labute approximate surface area is 227 Å². The average molecular weight is 597 g/mol. The molecule has 5 aromatic rings. The van der Waals surface area contributed by atoms with Crippen LogP contribution in [0, 0.1) is 0 Å². The first-order valence-corrected chi connectivity index (χ1v) is 21.0. The highest BCUT2D eigenvalue weighted by Gasteiger charge is 2.51. The maximum atomic E-state index is 6.83. The zero-order valence-corrected chi connectivity index (χ0v) is 24.0. The Kier molecular flexibility index (Phi) is 5.72. The molecule has 2 atom stereocenters. The van der Waals surface area contributed by atoms with Crippen molar-refractivity contribution in [1.82, 2.24) is 0 Å². The molecule has 6 rings (SSSR count). The first-order valence-electron chi connectivity index (χ1n) is 10.7. The van der Waals surface area contributed by atoms with Crippen LogP contribution in [0.4, 0.5) is 0 Å². The molecule has 0 spiro atoms. The van der Waals surface area contributed by atoms with E-state index in [9.17, 15) is 0 Å². The predicted molar refractivity (Wildman–Crippen MR) is 156 cm³/mol. The van der Waals surface area contributed by atoms with Gasteiger partial charge in [0.15, 0.2) is 0 Å². The van der Waals surface area contributed by atoms with Crippen molar-refractivity contribution in [3.05, 3.63) is 107 Å². The SMILES string of the molecule is Cl[Si](Cl)(Cl)C1c2cc3ccccc3cc2C([Si](Cl)(Cl)Cl)c2cc3c(ccc4ccccc43)cc21. The van der Waals surface area contributed by atoms with Crippen LogP contribution in [0.2, 0.25) is 0 Å². The van der Waals surface area contributed by atoms with Crippen LogP contribution < -0.4 is 0 Å². The van der Waals surface area contributed by atoms with Crippen molar-refractivity contribution >= 4 is 111 Å². The lowest BCUT2D eigenvalue weighted by molar-refractivity contribution is 0.947. The summed E-state index contributed by atoms with van der Waals surface area (Å²) < 4.78 is 0. The molecule has 8 heteroatoms. The molecule has 0 aliphatic heterocycles. The van der Waals surface area contributed by atoms with Gasteiger partial charge in [-0.15, -0.1) is 66.5 Å². The van der Waals surface area contributed by atoms with Crippen LogP contribution in [0.3, 0.4) is 0 Å². The topological polar surface area (TPSA) is 0 Å². The minimum Gasteiger partial charge on any atom is -0.125 e. The molecule has 0 fully saturated rings. The van der Waals surface area contributed by atoms with Gasteiger partial charge in [-0.05, 0) is 60.6 Å². The van der Waals surface area contributed by atoms with Gasteiger partial charge in [-0.3, -0.25) is 0 Å². The normalized spacial score (nSPS) is 18.3. The standard InChI is InChI=1S/C26H16Cl6Si2/c27-33(28,29)25-21-11-16-6-1-2-7-17(16)12-22(21)26(34(30,31)32)24-14-20-18(13-23(24)25)10-9-15-5-3-4-8-19(15)20/h1-14,25-26H. The molecule has 2 unspecified atom stereocenters. The molecule has 170 valence electrons. The van der Waals surface area contributed by atoms with Crippen LogP contribution in [0.1, 0.15) is 33.3 Å². The Bertz CT molecular complexity index is 1600. The van der Waals surface area contributed by atoms with E-state index >= 15 is 0 Å². The van der Waals surface area contributed by atoms with E-state index in [0.29, 0.717) is 0 Å². The molecule has 0 N–H and O–H groups in total. The average Bonchev–Trinajstić information content (AvgIpc) is 2.78. The van der Waals surface area contributed by atoms with Crippen molar-refractivity contribution in [1.29, 1.82) is 0 Å². The molecule has 0 amide bonds. The zero-order chi connectivity index (χ0) is 23.8. The third kappa shape index (κ3) is 3.79. The molecule has 5 aromatic carbocycles. The minimum absolute atomic E-state index is 0.361. The Hall–Kier alpha value is -0.946. The van der Waals surface area contributed by atoms with Crippen molar-refractivity contribution in [2.45, 2.75) is 11.1 Å². The van der Waals surface area contributed by atoms with E-state index in [1.807, 2.05) is 24.3 Å². The van der Waals surface area contributed by atoms with Gasteiger partial charge in [0, 0.05) is 11.1 Å². The highest BCUT2D eigenvalue weighted by atomic mass is 35.8. The smallest absolute Gasteiger partial charge is 0.125 e. The fourth-order valence-electron chi connectivity index (χ4n) is 5.40. The van der Waals surface area contributed by atoms with Gasteiger partial charge in [-0.1, -0.05) is 78.9 Å². The fourth-order valence-corrected chi connectivity index (χ4v) is 12.0. The van der Waals surface area contributed by atoms with E-state index in [2.05, 4.69) is 60.7 Å². The lowest BCUT2D eigenvalue weighted by atomic mass is 9.82. The third-order valence-corrected chi connectivity index (χ3v) is 13.3. The first-order chi connectivity index (χ1) is 16.1. The van der Waals surface area contributed by atoms with Crippen LogP contribution >= 0.6 is 66.5 Å². The second-order valence-electron chi connectivity index (χ2n) is 8.77. The highest BCUT2D eigenvalue weighted by Crippen LogP contribution is 2.56. The van der Waals surface area contributed by atoms with Gasteiger partial charge >= 0.3 is 12.0 Å². The molecule has 34 heavy (non-hydrogen) atoms. The second kappa shape index (κ2) is 8.29. The Balaban J connectivity index is 1.76. The number of hydrogen-bond acceptors (Lipinski definition) is 0. The maximum Gasteiger partial charge on any atom is 0.352 e. The van der Waals surface area contributed by atoms with Gasteiger partial charge in [0.2, 0.25) is 0 Å². The van der Waals surface area contributed by atoms with E-state index in [-0.39, 0.29) is 11.1 Å². The van der Waals surface area contributed by atoms with Crippen molar-refractivity contribution in [3.8, 4) is 0 Å². The quantitative estimate of drug-likeness (QED) is 0.108.